The first-order chi connectivity index (χ1) is 13.4. The van der Waals surface area contributed by atoms with Crippen molar-refractivity contribution in [1.82, 2.24) is 10.3 Å². The molecule has 0 heterocycles. The third kappa shape index (κ3) is 5.03. The Bertz CT molecular complexity index is 824. The van der Waals surface area contributed by atoms with Gasteiger partial charge in [-0.2, -0.15) is 5.10 Å². The first-order valence-electron chi connectivity index (χ1n) is 9.18. The number of ether oxygens (including phenoxy) is 1. The predicted molar refractivity (Wildman–Crippen MR) is 115 cm³/mol. The summed E-state index contributed by atoms with van der Waals surface area (Å²) in [6, 6.07) is 4.88. The quantitative estimate of drug-likeness (QED) is 0.514. The zero-order valence-corrected chi connectivity index (χ0v) is 17.1. The number of anilines is 1. The first-order valence-corrected chi connectivity index (χ1v) is 9.18. The van der Waals surface area contributed by atoms with E-state index in [-0.39, 0.29) is 11.9 Å². The average molecular weight is 384 g/mol. The third-order valence-electron chi connectivity index (χ3n) is 4.69. The molecule has 28 heavy (non-hydrogen) atoms. The van der Waals surface area contributed by atoms with Crippen molar-refractivity contribution in [3.05, 3.63) is 71.4 Å². The molecule has 1 unspecified atom stereocenters. The number of allylic oxidation sites excluding steroid dienone is 3. The third-order valence-corrected chi connectivity index (χ3v) is 4.69. The van der Waals surface area contributed by atoms with Crippen molar-refractivity contribution in [2.24, 2.45) is 5.10 Å². The van der Waals surface area contributed by atoms with Crippen molar-refractivity contribution in [1.29, 1.82) is 0 Å². The standard InChI is InChI=1S/C22H29FN4O/c1-7-16-8-10-21(28-22-11-9-17(24-3)12-19(22)23)18(13-20(16)27(5)6)15(2)14-26-25-4/h7,9,11-14,21,24,26H,1,4,8,10H2,2-3,5-6H3/b15-14+. The molecule has 1 atom stereocenters. The molecule has 0 spiro atoms. The summed E-state index contributed by atoms with van der Waals surface area (Å²) in [6.45, 7) is 9.35. The lowest BCUT2D eigenvalue weighted by molar-refractivity contribution is 0.220. The maximum atomic E-state index is 14.5. The molecule has 5 nitrogen and oxygen atoms in total. The number of benzene rings is 1. The highest BCUT2D eigenvalue weighted by molar-refractivity contribution is 5.48. The highest BCUT2D eigenvalue weighted by Crippen LogP contribution is 2.32. The van der Waals surface area contributed by atoms with E-state index in [2.05, 4.69) is 35.2 Å². The van der Waals surface area contributed by atoms with Crippen molar-refractivity contribution in [2.45, 2.75) is 25.9 Å². The van der Waals surface area contributed by atoms with E-state index in [1.54, 1.807) is 25.4 Å². The van der Waals surface area contributed by atoms with Gasteiger partial charge in [-0.15, -0.1) is 0 Å². The molecule has 6 heteroatoms. The maximum absolute atomic E-state index is 14.5. The topological polar surface area (TPSA) is 48.9 Å². The Morgan fingerprint density at radius 1 is 1.39 bits per heavy atom. The van der Waals surface area contributed by atoms with E-state index in [9.17, 15) is 4.39 Å². The van der Waals surface area contributed by atoms with Crippen LogP contribution in [-0.4, -0.2) is 38.9 Å². The summed E-state index contributed by atoms with van der Waals surface area (Å²) >= 11 is 0. The molecular formula is C22H29FN4O. The second-order valence-corrected chi connectivity index (χ2v) is 6.76. The minimum Gasteiger partial charge on any atom is -0.483 e. The highest BCUT2D eigenvalue weighted by Gasteiger charge is 2.24. The Morgan fingerprint density at radius 3 is 2.71 bits per heavy atom. The number of rotatable bonds is 8. The SMILES string of the molecule is C=CC1=C(N(C)C)C=C(/C(C)=C/NN=C)C(Oc2ccc(NC)cc2F)CC1. The van der Waals surface area contributed by atoms with Gasteiger partial charge < -0.3 is 15.0 Å². The monoisotopic (exact) mass is 384 g/mol. The van der Waals surface area contributed by atoms with Gasteiger partial charge in [-0.1, -0.05) is 12.7 Å². The molecule has 0 fully saturated rings. The molecule has 1 aliphatic carbocycles. The van der Waals surface area contributed by atoms with Crippen LogP contribution >= 0.6 is 0 Å². The second kappa shape index (κ2) is 9.78. The fourth-order valence-electron chi connectivity index (χ4n) is 3.15. The fraction of sp³-hybridized carbons (Fsp3) is 0.318. The highest BCUT2D eigenvalue weighted by atomic mass is 19.1. The molecule has 0 radical (unpaired) electrons. The van der Waals surface area contributed by atoms with Crippen LogP contribution in [0.5, 0.6) is 5.75 Å². The smallest absolute Gasteiger partial charge is 0.167 e. The molecular weight excluding hydrogens is 355 g/mol. The van der Waals surface area contributed by atoms with Crippen molar-refractivity contribution < 1.29 is 9.13 Å². The van der Waals surface area contributed by atoms with Gasteiger partial charge in [-0.05, 0) is 54.7 Å². The van der Waals surface area contributed by atoms with E-state index in [1.165, 1.54) is 6.07 Å². The lowest BCUT2D eigenvalue weighted by Crippen LogP contribution is -2.21. The average Bonchev–Trinajstić information content (AvgIpc) is 2.87. The summed E-state index contributed by atoms with van der Waals surface area (Å²) in [7, 11) is 5.74. The Hall–Kier alpha value is -3.02. The van der Waals surface area contributed by atoms with Gasteiger partial charge in [0.2, 0.25) is 0 Å². The molecule has 1 aliphatic rings. The fourth-order valence-corrected chi connectivity index (χ4v) is 3.15. The van der Waals surface area contributed by atoms with Gasteiger partial charge in [-0.25, -0.2) is 4.39 Å². The Labute approximate surface area is 167 Å². The molecule has 1 aromatic rings. The lowest BCUT2D eigenvalue weighted by atomic mass is 9.99. The van der Waals surface area contributed by atoms with Crippen LogP contribution in [-0.2, 0) is 0 Å². The summed E-state index contributed by atoms with van der Waals surface area (Å²) < 4.78 is 20.6. The van der Waals surface area contributed by atoms with Crippen molar-refractivity contribution in [2.75, 3.05) is 26.5 Å². The van der Waals surface area contributed by atoms with E-state index in [1.807, 2.05) is 32.0 Å². The zero-order chi connectivity index (χ0) is 20.7. The van der Waals surface area contributed by atoms with Crippen LogP contribution in [0.2, 0.25) is 0 Å². The zero-order valence-electron chi connectivity index (χ0n) is 17.1. The molecule has 0 saturated carbocycles. The molecule has 0 amide bonds. The van der Waals surface area contributed by atoms with E-state index in [4.69, 9.17) is 4.74 Å². The predicted octanol–water partition coefficient (Wildman–Crippen LogP) is 4.45. The Kier molecular flexibility index (Phi) is 7.44. The van der Waals surface area contributed by atoms with E-state index in [0.29, 0.717) is 12.1 Å². The molecule has 0 aliphatic heterocycles. The van der Waals surface area contributed by atoms with E-state index >= 15 is 0 Å². The van der Waals surface area contributed by atoms with Crippen LogP contribution in [0.15, 0.2) is 70.6 Å². The Morgan fingerprint density at radius 2 is 2.14 bits per heavy atom. The minimum absolute atomic E-state index is 0.228. The summed E-state index contributed by atoms with van der Waals surface area (Å²) in [6.07, 6.45) is 6.87. The van der Waals surface area contributed by atoms with Crippen LogP contribution in [0.3, 0.4) is 0 Å². The van der Waals surface area contributed by atoms with Crippen LogP contribution < -0.4 is 15.5 Å². The summed E-state index contributed by atoms with van der Waals surface area (Å²) in [5.74, 6) is -0.168. The molecule has 150 valence electrons. The normalized spacial score (nSPS) is 17.4. The van der Waals surface area contributed by atoms with Gasteiger partial charge in [0, 0.05) is 51.5 Å². The van der Waals surface area contributed by atoms with Gasteiger partial charge in [0.1, 0.15) is 6.10 Å². The van der Waals surface area contributed by atoms with Crippen LogP contribution in [0, 0.1) is 5.82 Å². The summed E-state index contributed by atoms with van der Waals surface area (Å²) in [5, 5.41) is 6.60. The molecule has 0 bridgehead atoms. The number of nitrogens with one attached hydrogen (secondary N) is 2. The second-order valence-electron chi connectivity index (χ2n) is 6.76. The first kappa shape index (κ1) is 21.3. The lowest BCUT2D eigenvalue weighted by Gasteiger charge is -2.23. The molecule has 1 aromatic carbocycles. The van der Waals surface area contributed by atoms with Crippen molar-refractivity contribution >= 4 is 12.4 Å². The van der Waals surface area contributed by atoms with E-state index in [0.717, 1.165) is 28.8 Å². The number of nitrogens with zero attached hydrogens (tertiary/aromatic N) is 2. The van der Waals surface area contributed by atoms with Crippen molar-refractivity contribution in [3.8, 4) is 5.75 Å². The maximum Gasteiger partial charge on any atom is 0.167 e. The summed E-state index contributed by atoms with van der Waals surface area (Å²) in [4.78, 5) is 2.05. The van der Waals surface area contributed by atoms with Crippen LogP contribution in [0.1, 0.15) is 19.8 Å². The number of hydrazone groups is 1. The number of likely N-dealkylation sites (N-methyl/N-ethyl adjacent to an activating group) is 1. The molecule has 0 saturated heterocycles. The van der Waals surface area contributed by atoms with Crippen molar-refractivity contribution in [3.63, 3.8) is 0 Å². The Balaban J connectivity index is 2.46. The molecule has 0 aromatic heterocycles. The van der Waals surface area contributed by atoms with E-state index < -0.39 is 5.82 Å². The summed E-state index contributed by atoms with van der Waals surface area (Å²) in [5.41, 5.74) is 7.54. The van der Waals surface area contributed by atoms with Gasteiger partial charge in [0.25, 0.3) is 0 Å². The molecule has 2 rings (SSSR count). The van der Waals surface area contributed by atoms with Crippen LogP contribution in [0.25, 0.3) is 0 Å². The number of hydrogen-bond donors (Lipinski definition) is 2. The number of hydrogen-bond acceptors (Lipinski definition) is 5. The van der Waals surface area contributed by atoms with Crippen LogP contribution in [0.4, 0.5) is 10.1 Å². The molecule has 2 N–H and O–H groups in total. The number of halogens is 1. The largest absolute Gasteiger partial charge is 0.483 e. The van der Waals surface area contributed by atoms with Gasteiger partial charge in [0.05, 0.1) is 0 Å². The van der Waals surface area contributed by atoms with Gasteiger partial charge >= 0.3 is 0 Å². The van der Waals surface area contributed by atoms with Gasteiger partial charge in [-0.3, -0.25) is 5.43 Å². The van der Waals surface area contributed by atoms with Gasteiger partial charge in [0.15, 0.2) is 11.6 Å². The minimum atomic E-state index is -0.396.